The molecule has 0 atom stereocenters. The van der Waals surface area contributed by atoms with Gasteiger partial charge >= 0.3 is 6.18 Å². The Labute approximate surface area is 123 Å². The fourth-order valence-electron chi connectivity index (χ4n) is 1.65. The first-order chi connectivity index (χ1) is 9.77. The second-order valence-corrected chi connectivity index (χ2v) is 4.78. The van der Waals surface area contributed by atoms with E-state index in [9.17, 15) is 18.0 Å². The topological polar surface area (TPSA) is 42.0 Å². The summed E-state index contributed by atoms with van der Waals surface area (Å²) in [4.78, 5) is 15.5. The number of nitrogens with one attached hydrogen (secondary N) is 1. The molecule has 0 fully saturated rings. The molecule has 21 heavy (non-hydrogen) atoms. The summed E-state index contributed by atoms with van der Waals surface area (Å²) in [7, 11) is 0. The van der Waals surface area contributed by atoms with Gasteiger partial charge in [0.15, 0.2) is 5.82 Å². The van der Waals surface area contributed by atoms with Crippen molar-refractivity contribution in [1.29, 1.82) is 0 Å². The minimum atomic E-state index is -4.53. The second kappa shape index (κ2) is 5.73. The number of hydrogen-bond donors (Lipinski definition) is 1. The number of amides is 1. The van der Waals surface area contributed by atoms with Gasteiger partial charge in [0.25, 0.3) is 5.91 Å². The SMILES string of the molecule is Cc1cccc(C(=O)Nc2ncc(C(F)(F)F)cc2Cl)c1. The van der Waals surface area contributed by atoms with Crippen LogP contribution in [0.2, 0.25) is 5.02 Å². The van der Waals surface area contributed by atoms with Gasteiger partial charge in [0.2, 0.25) is 0 Å². The predicted octanol–water partition coefficient (Wildman–Crippen LogP) is 4.31. The summed E-state index contributed by atoms with van der Waals surface area (Å²) in [5.41, 5.74) is 0.281. The minimum Gasteiger partial charge on any atom is -0.305 e. The van der Waals surface area contributed by atoms with Crippen molar-refractivity contribution in [2.75, 3.05) is 5.32 Å². The van der Waals surface area contributed by atoms with Crippen molar-refractivity contribution in [2.24, 2.45) is 0 Å². The van der Waals surface area contributed by atoms with Crippen molar-refractivity contribution < 1.29 is 18.0 Å². The van der Waals surface area contributed by atoms with Gasteiger partial charge < -0.3 is 5.32 Å². The Morgan fingerprint density at radius 1 is 1.29 bits per heavy atom. The molecule has 7 heteroatoms. The lowest BCUT2D eigenvalue weighted by atomic mass is 10.1. The zero-order valence-corrected chi connectivity index (χ0v) is 11.6. The molecule has 0 aliphatic rings. The molecular formula is C14H10ClF3N2O. The molecule has 0 saturated carbocycles. The number of halogens is 4. The number of nitrogens with zero attached hydrogens (tertiary/aromatic N) is 1. The van der Waals surface area contributed by atoms with E-state index in [1.54, 1.807) is 18.2 Å². The Morgan fingerprint density at radius 2 is 2.00 bits per heavy atom. The van der Waals surface area contributed by atoms with E-state index in [2.05, 4.69) is 10.3 Å². The van der Waals surface area contributed by atoms with Crippen LogP contribution in [0.1, 0.15) is 21.5 Å². The molecule has 0 unspecified atom stereocenters. The lowest BCUT2D eigenvalue weighted by Gasteiger charge is -2.10. The molecule has 1 N–H and O–H groups in total. The highest BCUT2D eigenvalue weighted by Crippen LogP contribution is 2.32. The summed E-state index contributed by atoms with van der Waals surface area (Å²) in [5.74, 6) is -0.607. The smallest absolute Gasteiger partial charge is 0.305 e. The van der Waals surface area contributed by atoms with Crippen LogP contribution in [-0.4, -0.2) is 10.9 Å². The Kier molecular flexibility index (Phi) is 4.18. The van der Waals surface area contributed by atoms with Crippen molar-refractivity contribution in [3.8, 4) is 0 Å². The number of carbonyl (C=O) groups excluding carboxylic acids is 1. The number of rotatable bonds is 2. The van der Waals surface area contributed by atoms with Gasteiger partial charge in [-0.05, 0) is 25.1 Å². The molecule has 1 aromatic heterocycles. The molecular weight excluding hydrogens is 305 g/mol. The molecule has 0 aliphatic carbocycles. The molecule has 0 saturated heterocycles. The standard InChI is InChI=1S/C14H10ClF3N2O/c1-8-3-2-4-9(5-8)13(21)20-12-11(15)6-10(7-19-12)14(16,17)18/h2-7H,1H3,(H,19,20,21). The highest BCUT2D eigenvalue weighted by Gasteiger charge is 2.31. The summed E-state index contributed by atoms with van der Waals surface area (Å²) in [6.07, 6.45) is -3.91. The summed E-state index contributed by atoms with van der Waals surface area (Å²) < 4.78 is 37.5. The number of benzene rings is 1. The average Bonchev–Trinajstić information content (AvgIpc) is 2.39. The van der Waals surface area contributed by atoms with Gasteiger partial charge in [0.05, 0.1) is 10.6 Å². The van der Waals surface area contributed by atoms with Gasteiger partial charge in [-0.1, -0.05) is 29.3 Å². The third kappa shape index (κ3) is 3.72. The van der Waals surface area contributed by atoms with Crippen LogP contribution >= 0.6 is 11.6 Å². The van der Waals surface area contributed by atoms with Crippen molar-refractivity contribution in [3.63, 3.8) is 0 Å². The fourth-order valence-corrected chi connectivity index (χ4v) is 1.86. The maximum Gasteiger partial charge on any atom is 0.417 e. The molecule has 2 aromatic rings. The van der Waals surface area contributed by atoms with Crippen LogP contribution in [0.4, 0.5) is 19.0 Å². The van der Waals surface area contributed by atoms with Crippen molar-refractivity contribution in [3.05, 3.63) is 58.2 Å². The maximum atomic E-state index is 12.5. The lowest BCUT2D eigenvalue weighted by molar-refractivity contribution is -0.137. The quantitative estimate of drug-likeness (QED) is 0.897. The summed E-state index contributed by atoms with van der Waals surface area (Å²) in [6.45, 7) is 1.82. The van der Waals surface area contributed by atoms with Crippen LogP contribution in [0, 0.1) is 6.92 Å². The number of anilines is 1. The number of hydrogen-bond acceptors (Lipinski definition) is 2. The van der Waals surface area contributed by atoms with E-state index in [0.717, 1.165) is 11.6 Å². The van der Waals surface area contributed by atoms with E-state index in [1.807, 2.05) is 13.0 Å². The third-order valence-corrected chi connectivity index (χ3v) is 2.97. The Balaban J connectivity index is 2.22. The first-order valence-corrected chi connectivity index (χ1v) is 6.26. The fraction of sp³-hybridized carbons (Fsp3) is 0.143. The van der Waals surface area contributed by atoms with Crippen LogP contribution in [0.3, 0.4) is 0 Å². The molecule has 1 amide bonds. The summed E-state index contributed by atoms with van der Waals surface area (Å²) in [5, 5.41) is 2.11. The monoisotopic (exact) mass is 314 g/mol. The number of aromatic nitrogens is 1. The molecule has 3 nitrogen and oxygen atoms in total. The number of alkyl halides is 3. The van der Waals surface area contributed by atoms with E-state index in [4.69, 9.17) is 11.6 Å². The van der Waals surface area contributed by atoms with Gasteiger partial charge in [-0.15, -0.1) is 0 Å². The van der Waals surface area contributed by atoms with E-state index in [0.29, 0.717) is 11.8 Å². The Bertz CT molecular complexity index is 686. The summed E-state index contributed by atoms with van der Waals surface area (Å²) in [6, 6.07) is 7.47. The largest absolute Gasteiger partial charge is 0.417 e. The van der Waals surface area contributed by atoms with Crippen molar-refractivity contribution >= 4 is 23.3 Å². The van der Waals surface area contributed by atoms with E-state index in [-0.39, 0.29) is 10.8 Å². The Morgan fingerprint density at radius 3 is 2.57 bits per heavy atom. The third-order valence-electron chi connectivity index (χ3n) is 2.68. The predicted molar refractivity (Wildman–Crippen MR) is 73.4 cm³/mol. The number of pyridine rings is 1. The minimum absolute atomic E-state index is 0.115. The van der Waals surface area contributed by atoms with Crippen LogP contribution in [0.5, 0.6) is 0 Å². The van der Waals surface area contributed by atoms with Gasteiger partial charge in [-0.3, -0.25) is 4.79 Å². The van der Waals surface area contributed by atoms with E-state index >= 15 is 0 Å². The zero-order chi connectivity index (χ0) is 15.6. The first kappa shape index (κ1) is 15.3. The van der Waals surface area contributed by atoms with Gasteiger partial charge in [-0.25, -0.2) is 4.98 Å². The average molecular weight is 315 g/mol. The molecule has 0 spiro atoms. The zero-order valence-electron chi connectivity index (χ0n) is 10.8. The lowest BCUT2D eigenvalue weighted by Crippen LogP contribution is -2.14. The highest BCUT2D eigenvalue weighted by molar-refractivity contribution is 6.33. The van der Waals surface area contributed by atoms with Crippen molar-refractivity contribution in [2.45, 2.75) is 13.1 Å². The van der Waals surface area contributed by atoms with Crippen LogP contribution in [0.25, 0.3) is 0 Å². The van der Waals surface area contributed by atoms with Gasteiger partial charge in [0.1, 0.15) is 0 Å². The van der Waals surface area contributed by atoms with Gasteiger partial charge in [-0.2, -0.15) is 13.2 Å². The van der Waals surface area contributed by atoms with Crippen LogP contribution < -0.4 is 5.32 Å². The highest BCUT2D eigenvalue weighted by atomic mass is 35.5. The van der Waals surface area contributed by atoms with Gasteiger partial charge in [0, 0.05) is 11.8 Å². The number of carbonyl (C=O) groups is 1. The molecule has 1 heterocycles. The Hall–Kier alpha value is -2.08. The molecule has 2 rings (SSSR count). The second-order valence-electron chi connectivity index (χ2n) is 4.38. The normalized spacial score (nSPS) is 11.3. The molecule has 110 valence electrons. The van der Waals surface area contributed by atoms with E-state index in [1.165, 1.54) is 0 Å². The molecule has 0 bridgehead atoms. The maximum absolute atomic E-state index is 12.5. The molecule has 0 aliphatic heterocycles. The summed E-state index contributed by atoms with van der Waals surface area (Å²) >= 11 is 5.72. The first-order valence-electron chi connectivity index (χ1n) is 5.88. The van der Waals surface area contributed by atoms with E-state index < -0.39 is 17.6 Å². The van der Waals surface area contributed by atoms with Crippen molar-refractivity contribution in [1.82, 2.24) is 4.98 Å². The molecule has 1 aromatic carbocycles. The van der Waals surface area contributed by atoms with Crippen LogP contribution in [0.15, 0.2) is 36.5 Å². The van der Waals surface area contributed by atoms with Crippen LogP contribution in [-0.2, 0) is 6.18 Å². The molecule has 0 radical (unpaired) electrons. The number of aryl methyl sites for hydroxylation is 1.